The molecule has 0 radical (unpaired) electrons. The predicted molar refractivity (Wildman–Crippen MR) is 185 cm³/mol. The van der Waals surface area contributed by atoms with E-state index in [0.717, 1.165) is 16.7 Å². The number of nitrogens with one attached hydrogen (secondary N) is 2. The fraction of sp³-hybridized carbons (Fsp3) is 0.528. The molecule has 2 aliphatic rings. The molecule has 4 amide bonds. The van der Waals surface area contributed by atoms with Crippen molar-refractivity contribution in [1.82, 2.24) is 20.4 Å². The lowest BCUT2D eigenvalue weighted by molar-refractivity contribution is -0.144. The van der Waals surface area contributed by atoms with Gasteiger partial charge in [0.25, 0.3) is 0 Å². The molecule has 4 rings (SSSR count). The third-order valence-electron chi connectivity index (χ3n) is 9.39. The number of carbonyl (C=O) groups is 5. The number of carboxylic acids is 1. The molecule has 1 unspecified atom stereocenters. The van der Waals surface area contributed by atoms with Gasteiger partial charge in [-0.25, -0.2) is 0 Å². The molecule has 13 nitrogen and oxygen atoms in total. The van der Waals surface area contributed by atoms with Crippen molar-refractivity contribution in [2.45, 2.75) is 95.0 Å². The summed E-state index contributed by atoms with van der Waals surface area (Å²) in [5.74, 6) is -3.02. The van der Waals surface area contributed by atoms with Crippen LogP contribution in [0, 0.1) is 5.92 Å². The first-order valence-electron chi connectivity index (χ1n) is 17.1. The summed E-state index contributed by atoms with van der Waals surface area (Å²) in [6, 6.07) is 13.3. The van der Waals surface area contributed by atoms with Crippen LogP contribution in [0.5, 0.6) is 0 Å². The van der Waals surface area contributed by atoms with Crippen molar-refractivity contribution < 1.29 is 29.1 Å². The Morgan fingerprint density at radius 1 is 0.939 bits per heavy atom. The van der Waals surface area contributed by atoms with Crippen molar-refractivity contribution in [2.75, 3.05) is 19.6 Å². The highest BCUT2D eigenvalue weighted by molar-refractivity contribution is 5.95. The lowest BCUT2D eigenvalue weighted by Gasteiger charge is -2.38. The second kappa shape index (κ2) is 16.9. The van der Waals surface area contributed by atoms with Crippen LogP contribution in [-0.2, 0) is 43.4 Å². The van der Waals surface area contributed by atoms with E-state index in [2.05, 4.69) is 10.6 Å². The summed E-state index contributed by atoms with van der Waals surface area (Å²) in [6.45, 7) is 4.42. The minimum atomic E-state index is -1.55. The van der Waals surface area contributed by atoms with Crippen LogP contribution in [0.4, 0.5) is 0 Å². The number of benzene rings is 2. The monoisotopic (exact) mass is 677 g/mol. The van der Waals surface area contributed by atoms with E-state index in [1.54, 1.807) is 0 Å². The van der Waals surface area contributed by atoms with E-state index in [1.165, 1.54) is 9.80 Å². The van der Waals surface area contributed by atoms with Gasteiger partial charge in [0, 0.05) is 26.1 Å². The summed E-state index contributed by atoms with van der Waals surface area (Å²) in [4.78, 5) is 70.0. The maximum Gasteiger partial charge on any atom is 0.325 e. The number of unbranched alkanes of at least 4 members (excludes halogenated alkanes) is 1. The SMILES string of the molecule is CC(C)C[C@@H](NC(=O)[C@@H]1Cc2ccccc2CN1C(=O)[C@H](N)Cc1ccccc1)C(=O)N[C@H](CCCCN)C(=O)N1CCC(N)(C(=O)O)C1. The zero-order chi connectivity index (χ0) is 35.7. The molecule has 0 saturated carbocycles. The van der Waals surface area contributed by atoms with Crippen molar-refractivity contribution in [2.24, 2.45) is 23.1 Å². The Bertz CT molecular complexity index is 1490. The fourth-order valence-electron chi connectivity index (χ4n) is 6.57. The van der Waals surface area contributed by atoms with Gasteiger partial charge >= 0.3 is 5.97 Å². The number of carbonyl (C=O) groups excluding carboxylic acids is 4. The van der Waals surface area contributed by atoms with E-state index in [9.17, 15) is 29.1 Å². The second-order valence-electron chi connectivity index (χ2n) is 13.8. The highest BCUT2D eigenvalue weighted by Crippen LogP contribution is 2.25. The normalized spacial score (nSPS) is 20.7. The molecule has 0 spiro atoms. The summed E-state index contributed by atoms with van der Waals surface area (Å²) < 4.78 is 0. The number of hydrogen-bond acceptors (Lipinski definition) is 8. The van der Waals surface area contributed by atoms with Crippen molar-refractivity contribution in [3.05, 3.63) is 71.3 Å². The summed E-state index contributed by atoms with van der Waals surface area (Å²) in [6.07, 6.45) is 2.39. The van der Waals surface area contributed by atoms with E-state index >= 15 is 0 Å². The third-order valence-corrected chi connectivity index (χ3v) is 9.39. The largest absolute Gasteiger partial charge is 0.480 e. The molecular weight excluding hydrogens is 626 g/mol. The summed E-state index contributed by atoms with van der Waals surface area (Å²) in [5.41, 5.74) is 19.3. The zero-order valence-electron chi connectivity index (χ0n) is 28.5. The van der Waals surface area contributed by atoms with Crippen LogP contribution in [0.1, 0.15) is 62.6 Å². The highest BCUT2D eigenvalue weighted by atomic mass is 16.4. The fourth-order valence-corrected chi connectivity index (χ4v) is 6.57. The number of rotatable bonds is 15. The number of likely N-dealkylation sites (tertiary alicyclic amines) is 1. The predicted octanol–water partition coefficient (Wildman–Crippen LogP) is 0.669. The highest BCUT2D eigenvalue weighted by Gasteiger charge is 2.45. The van der Waals surface area contributed by atoms with Gasteiger partial charge < -0.3 is 42.7 Å². The Labute approximate surface area is 287 Å². The topological polar surface area (TPSA) is 214 Å². The first-order valence-corrected chi connectivity index (χ1v) is 17.1. The maximum absolute atomic E-state index is 14.1. The smallest absolute Gasteiger partial charge is 0.325 e. The summed E-state index contributed by atoms with van der Waals surface area (Å²) >= 11 is 0. The van der Waals surface area contributed by atoms with E-state index < -0.39 is 53.4 Å². The third kappa shape index (κ3) is 9.64. The van der Waals surface area contributed by atoms with Gasteiger partial charge in [0.2, 0.25) is 23.6 Å². The average molecular weight is 678 g/mol. The van der Waals surface area contributed by atoms with Gasteiger partial charge in [-0.05, 0) is 67.7 Å². The van der Waals surface area contributed by atoms with Crippen LogP contribution >= 0.6 is 0 Å². The lowest BCUT2D eigenvalue weighted by atomic mass is 9.91. The molecule has 0 aromatic heterocycles. The molecule has 5 atom stereocenters. The number of aliphatic carboxylic acids is 1. The minimum Gasteiger partial charge on any atom is -0.480 e. The van der Waals surface area contributed by atoms with Gasteiger partial charge in [0.1, 0.15) is 23.7 Å². The van der Waals surface area contributed by atoms with Crippen LogP contribution < -0.4 is 27.8 Å². The van der Waals surface area contributed by atoms with E-state index in [4.69, 9.17) is 17.2 Å². The van der Waals surface area contributed by atoms with E-state index in [-0.39, 0.29) is 57.1 Å². The van der Waals surface area contributed by atoms with Crippen LogP contribution in [0.2, 0.25) is 0 Å². The summed E-state index contributed by atoms with van der Waals surface area (Å²) in [5, 5.41) is 15.3. The van der Waals surface area contributed by atoms with Crippen molar-refractivity contribution >= 4 is 29.6 Å². The van der Waals surface area contributed by atoms with Crippen LogP contribution in [0.3, 0.4) is 0 Å². The van der Waals surface area contributed by atoms with Crippen LogP contribution in [-0.4, -0.2) is 93.8 Å². The van der Waals surface area contributed by atoms with Crippen molar-refractivity contribution in [3.63, 3.8) is 0 Å². The number of amides is 4. The van der Waals surface area contributed by atoms with E-state index in [0.29, 0.717) is 25.8 Å². The molecule has 2 aromatic carbocycles. The molecule has 49 heavy (non-hydrogen) atoms. The molecule has 2 aliphatic heterocycles. The Hall–Kier alpha value is -4.33. The first kappa shape index (κ1) is 37.5. The molecule has 0 bridgehead atoms. The molecule has 9 N–H and O–H groups in total. The molecule has 0 aliphatic carbocycles. The minimum absolute atomic E-state index is 0.00133. The molecule has 13 heteroatoms. The summed E-state index contributed by atoms with van der Waals surface area (Å²) in [7, 11) is 0. The maximum atomic E-state index is 14.1. The van der Waals surface area contributed by atoms with Gasteiger partial charge in [-0.15, -0.1) is 0 Å². The quantitative estimate of drug-likeness (QED) is 0.146. The Kier molecular flexibility index (Phi) is 12.9. The number of carboxylic acid groups (broad SMARTS) is 1. The van der Waals surface area contributed by atoms with Gasteiger partial charge in [0.15, 0.2) is 0 Å². The van der Waals surface area contributed by atoms with Crippen molar-refractivity contribution in [3.8, 4) is 0 Å². The Morgan fingerprint density at radius 3 is 2.24 bits per heavy atom. The first-order chi connectivity index (χ1) is 23.3. The molecule has 1 fully saturated rings. The van der Waals surface area contributed by atoms with E-state index in [1.807, 2.05) is 68.4 Å². The molecule has 2 heterocycles. The van der Waals surface area contributed by atoms with Gasteiger partial charge in [-0.2, -0.15) is 0 Å². The Morgan fingerprint density at radius 2 is 1.61 bits per heavy atom. The van der Waals surface area contributed by atoms with Gasteiger partial charge in [-0.3, -0.25) is 24.0 Å². The number of fused-ring (bicyclic) bond motifs is 1. The Balaban J connectivity index is 1.53. The van der Waals surface area contributed by atoms with Crippen molar-refractivity contribution in [1.29, 1.82) is 0 Å². The van der Waals surface area contributed by atoms with Crippen LogP contribution in [0.15, 0.2) is 54.6 Å². The number of hydrogen-bond donors (Lipinski definition) is 6. The second-order valence-corrected chi connectivity index (χ2v) is 13.8. The molecule has 266 valence electrons. The zero-order valence-corrected chi connectivity index (χ0v) is 28.5. The van der Waals surface area contributed by atoms with Gasteiger partial charge in [0.05, 0.1) is 6.04 Å². The van der Waals surface area contributed by atoms with Gasteiger partial charge in [-0.1, -0.05) is 68.4 Å². The average Bonchev–Trinajstić information content (AvgIpc) is 3.49. The number of nitrogens with zero attached hydrogens (tertiary/aromatic N) is 2. The molecule has 2 aromatic rings. The lowest BCUT2D eigenvalue weighted by Crippen LogP contribution is -2.60. The van der Waals surface area contributed by atoms with Crippen LogP contribution in [0.25, 0.3) is 0 Å². The molecular formula is C36H51N7O6. The standard InChI is InChI=1S/C36H51N7O6/c1-23(2)18-29(31(44)40-28(14-8-9-16-37)34(47)42-17-15-36(39,22-42)35(48)49)41-32(45)30-20-25-12-6-7-13-26(25)21-43(30)33(46)27(38)19-24-10-4-3-5-11-24/h3-7,10-13,23,27-30H,8-9,14-22,37-39H2,1-2H3,(H,40,44)(H,41,45)(H,48,49)/t27-,28-,29-,30+,36?/m1/s1. The molecule has 1 saturated heterocycles. The number of nitrogens with two attached hydrogens (primary N) is 3.